The molecule has 0 radical (unpaired) electrons. The maximum absolute atomic E-state index is 6.29. The highest BCUT2D eigenvalue weighted by Gasteiger charge is 2.49. The number of benzene rings is 1. The van der Waals surface area contributed by atoms with Gasteiger partial charge in [-0.25, -0.2) is 0 Å². The fourth-order valence-electron chi connectivity index (χ4n) is 3.07. The molecule has 2 aliphatic rings. The lowest BCUT2D eigenvalue weighted by atomic mass is 9.89. The highest BCUT2D eigenvalue weighted by atomic mass is 32.2. The molecular weight excluding hydrogens is 254 g/mol. The predicted molar refractivity (Wildman–Crippen MR) is 82.0 cm³/mol. The fraction of sp³-hybridized carbons (Fsp3) is 0.625. The summed E-state index contributed by atoms with van der Waals surface area (Å²) < 4.78 is 6.29. The summed E-state index contributed by atoms with van der Waals surface area (Å²) in [7, 11) is 0. The van der Waals surface area contributed by atoms with E-state index >= 15 is 0 Å². The van der Waals surface area contributed by atoms with Crippen molar-refractivity contribution in [2.45, 2.75) is 50.2 Å². The van der Waals surface area contributed by atoms with Crippen molar-refractivity contribution in [2.24, 2.45) is 5.73 Å². The molecular formula is C16H23NOS. The number of ether oxygens (including phenoxy) is 1. The molecule has 1 aromatic rings. The molecule has 3 rings (SSSR count). The Labute approximate surface area is 120 Å². The third-order valence-corrected chi connectivity index (χ3v) is 5.68. The van der Waals surface area contributed by atoms with Gasteiger partial charge in [0.15, 0.2) is 0 Å². The van der Waals surface area contributed by atoms with Crippen LogP contribution in [0.1, 0.15) is 38.2 Å². The van der Waals surface area contributed by atoms with E-state index in [9.17, 15) is 0 Å². The maximum atomic E-state index is 6.29. The second-order valence-electron chi connectivity index (χ2n) is 5.90. The zero-order chi connectivity index (χ0) is 13.3. The summed E-state index contributed by atoms with van der Waals surface area (Å²) >= 11 is 2.01. The molecule has 1 aliphatic heterocycles. The van der Waals surface area contributed by atoms with Gasteiger partial charge < -0.3 is 10.5 Å². The van der Waals surface area contributed by atoms with Crippen molar-refractivity contribution in [3.63, 3.8) is 0 Å². The summed E-state index contributed by atoms with van der Waals surface area (Å²) in [4.78, 5) is 0. The number of thioether (sulfide) groups is 1. The summed E-state index contributed by atoms with van der Waals surface area (Å²) in [6.45, 7) is 2.13. The lowest BCUT2D eigenvalue weighted by molar-refractivity contribution is 0.207. The van der Waals surface area contributed by atoms with E-state index in [1.165, 1.54) is 37.0 Å². The molecule has 19 heavy (non-hydrogen) atoms. The van der Waals surface area contributed by atoms with Crippen molar-refractivity contribution in [2.75, 3.05) is 11.5 Å². The highest BCUT2D eigenvalue weighted by molar-refractivity contribution is 7.99. The summed E-state index contributed by atoms with van der Waals surface area (Å²) in [5.74, 6) is 3.48. The third-order valence-electron chi connectivity index (χ3n) is 4.50. The Morgan fingerprint density at radius 3 is 2.79 bits per heavy atom. The number of rotatable bonds is 4. The molecule has 2 nitrogen and oxygen atoms in total. The van der Waals surface area contributed by atoms with Gasteiger partial charge in [0.05, 0.1) is 0 Å². The minimum Gasteiger partial charge on any atom is -0.489 e. The van der Waals surface area contributed by atoms with E-state index in [1.807, 2.05) is 11.8 Å². The topological polar surface area (TPSA) is 35.2 Å². The molecule has 1 saturated carbocycles. The Bertz CT molecular complexity index is 436. The first-order valence-electron chi connectivity index (χ1n) is 7.32. The van der Waals surface area contributed by atoms with E-state index < -0.39 is 0 Å². The summed E-state index contributed by atoms with van der Waals surface area (Å²) in [5.41, 5.74) is 7.72. The molecule has 2 atom stereocenters. The van der Waals surface area contributed by atoms with Gasteiger partial charge in [-0.2, -0.15) is 11.8 Å². The summed E-state index contributed by atoms with van der Waals surface area (Å²) in [6, 6.07) is 8.73. The van der Waals surface area contributed by atoms with Crippen molar-refractivity contribution in [1.29, 1.82) is 0 Å². The zero-order valence-electron chi connectivity index (χ0n) is 11.6. The summed E-state index contributed by atoms with van der Waals surface area (Å²) in [5, 5.41) is 0. The highest BCUT2D eigenvalue weighted by Crippen LogP contribution is 2.53. The molecule has 1 heterocycles. The molecule has 1 aliphatic carbocycles. The Balaban J connectivity index is 1.81. The molecule has 104 valence electrons. The third kappa shape index (κ3) is 2.63. The van der Waals surface area contributed by atoms with Crippen LogP contribution in [0, 0.1) is 0 Å². The molecule has 0 amide bonds. The quantitative estimate of drug-likeness (QED) is 0.917. The molecule has 3 heteroatoms. The van der Waals surface area contributed by atoms with Crippen LogP contribution in [0.15, 0.2) is 24.3 Å². The largest absolute Gasteiger partial charge is 0.489 e. The first kappa shape index (κ1) is 13.3. The summed E-state index contributed by atoms with van der Waals surface area (Å²) in [6.07, 6.45) is 5.24. The van der Waals surface area contributed by atoms with Crippen LogP contribution in [0.4, 0.5) is 0 Å². The van der Waals surface area contributed by atoms with E-state index in [1.54, 1.807) is 0 Å². The normalized spacial score (nSPS) is 26.7. The van der Waals surface area contributed by atoms with Crippen molar-refractivity contribution in [3.8, 4) is 5.75 Å². The second kappa shape index (κ2) is 5.37. The molecule has 0 bridgehead atoms. The number of nitrogens with two attached hydrogens (primary N) is 1. The minimum atomic E-state index is 0.179. The molecule has 2 N–H and O–H groups in total. The van der Waals surface area contributed by atoms with Crippen LogP contribution in [0.3, 0.4) is 0 Å². The van der Waals surface area contributed by atoms with E-state index in [2.05, 4.69) is 31.2 Å². The van der Waals surface area contributed by atoms with Gasteiger partial charge in [-0.1, -0.05) is 18.2 Å². The van der Waals surface area contributed by atoms with E-state index in [4.69, 9.17) is 10.5 Å². The van der Waals surface area contributed by atoms with Crippen LogP contribution in [-0.4, -0.2) is 23.7 Å². The molecule has 1 aromatic carbocycles. The monoisotopic (exact) mass is 277 g/mol. The van der Waals surface area contributed by atoms with E-state index in [0.29, 0.717) is 6.10 Å². The predicted octanol–water partition coefficient (Wildman–Crippen LogP) is 3.34. The van der Waals surface area contributed by atoms with E-state index in [-0.39, 0.29) is 11.5 Å². The van der Waals surface area contributed by atoms with Crippen molar-refractivity contribution in [3.05, 3.63) is 29.8 Å². The minimum absolute atomic E-state index is 0.179. The van der Waals surface area contributed by atoms with Gasteiger partial charge >= 0.3 is 0 Å². The van der Waals surface area contributed by atoms with Crippen LogP contribution >= 0.6 is 11.8 Å². The van der Waals surface area contributed by atoms with Gasteiger partial charge in [0.25, 0.3) is 0 Å². The number of hydrogen-bond acceptors (Lipinski definition) is 3. The number of hydrogen-bond donors (Lipinski definition) is 1. The fourth-order valence-corrected chi connectivity index (χ4v) is 4.10. The van der Waals surface area contributed by atoms with Crippen LogP contribution in [0.25, 0.3) is 0 Å². The van der Waals surface area contributed by atoms with Gasteiger partial charge in [-0.05, 0) is 44.4 Å². The van der Waals surface area contributed by atoms with Crippen LogP contribution in [0.5, 0.6) is 5.75 Å². The lowest BCUT2D eigenvalue weighted by Gasteiger charge is -2.27. The molecule has 2 unspecified atom stereocenters. The SMILES string of the molecule is CC(N)C1(c2ccccc2OC2CCCSC2)CC1. The van der Waals surface area contributed by atoms with Crippen LogP contribution < -0.4 is 10.5 Å². The van der Waals surface area contributed by atoms with E-state index in [0.717, 1.165) is 11.5 Å². The lowest BCUT2D eigenvalue weighted by Crippen LogP contribution is -2.32. The van der Waals surface area contributed by atoms with Gasteiger partial charge in [0.2, 0.25) is 0 Å². The average molecular weight is 277 g/mol. The zero-order valence-corrected chi connectivity index (χ0v) is 12.4. The standard InChI is InChI=1S/C16H23NOS/c1-12(17)16(8-9-16)14-6-2-3-7-15(14)18-13-5-4-10-19-11-13/h2-3,6-7,12-13H,4-5,8-11,17H2,1H3. The molecule has 0 spiro atoms. The Hall–Kier alpha value is -0.670. The molecule has 2 fully saturated rings. The molecule has 0 aromatic heterocycles. The Kier molecular flexibility index (Phi) is 3.77. The smallest absolute Gasteiger partial charge is 0.123 e. The Morgan fingerprint density at radius 1 is 1.37 bits per heavy atom. The first-order chi connectivity index (χ1) is 9.22. The van der Waals surface area contributed by atoms with Crippen molar-refractivity contribution >= 4 is 11.8 Å². The van der Waals surface area contributed by atoms with Gasteiger partial charge in [-0.3, -0.25) is 0 Å². The van der Waals surface area contributed by atoms with Gasteiger partial charge in [-0.15, -0.1) is 0 Å². The van der Waals surface area contributed by atoms with Gasteiger partial charge in [0, 0.05) is 22.8 Å². The second-order valence-corrected chi connectivity index (χ2v) is 7.05. The van der Waals surface area contributed by atoms with Crippen LogP contribution in [-0.2, 0) is 5.41 Å². The van der Waals surface area contributed by atoms with Gasteiger partial charge in [0.1, 0.15) is 11.9 Å². The maximum Gasteiger partial charge on any atom is 0.123 e. The number of para-hydroxylation sites is 1. The average Bonchev–Trinajstić information content (AvgIpc) is 3.22. The first-order valence-corrected chi connectivity index (χ1v) is 8.47. The van der Waals surface area contributed by atoms with Crippen LogP contribution in [0.2, 0.25) is 0 Å². The molecule has 1 saturated heterocycles. The Morgan fingerprint density at radius 2 is 2.16 bits per heavy atom. The van der Waals surface area contributed by atoms with Crippen molar-refractivity contribution < 1.29 is 4.74 Å². The van der Waals surface area contributed by atoms with Crippen molar-refractivity contribution in [1.82, 2.24) is 0 Å².